The molecule has 2 fully saturated rings. The minimum atomic E-state index is 0.348. The van der Waals surface area contributed by atoms with E-state index in [1.807, 2.05) is 18.3 Å². The molecule has 0 bridgehead atoms. The summed E-state index contributed by atoms with van der Waals surface area (Å²) in [5, 5.41) is 7.02. The maximum atomic E-state index is 5.54. The Morgan fingerprint density at radius 3 is 2.81 bits per heavy atom. The Bertz CT molecular complexity index is 880. The molecule has 1 atom stereocenters. The average Bonchev–Trinajstić information content (AvgIpc) is 3.50. The summed E-state index contributed by atoms with van der Waals surface area (Å²) in [5.74, 6) is 2.87. The molecule has 4 rings (SSSR count). The Balaban J connectivity index is 1.38. The average molecular weight is 423 g/mol. The van der Waals surface area contributed by atoms with Crippen molar-refractivity contribution in [3.05, 3.63) is 48.2 Å². The predicted molar refractivity (Wildman–Crippen MR) is 127 cm³/mol. The van der Waals surface area contributed by atoms with Crippen LogP contribution in [0.1, 0.15) is 31.7 Å². The molecular formula is C24H34N6O. The molecule has 0 amide bonds. The van der Waals surface area contributed by atoms with Gasteiger partial charge in [0.25, 0.3) is 0 Å². The SMILES string of the molecule is CCNC(=NCc1ccnc(N2CCCC2)c1)NC1CCN(c2ccccc2OC)C1. The Hall–Kier alpha value is -2.96. The van der Waals surface area contributed by atoms with Gasteiger partial charge in [0.15, 0.2) is 5.96 Å². The van der Waals surface area contributed by atoms with Crippen LogP contribution in [-0.4, -0.2) is 56.8 Å². The van der Waals surface area contributed by atoms with E-state index in [9.17, 15) is 0 Å². The zero-order valence-electron chi connectivity index (χ0n) is 18.7. The second-order valence-corrected chi connectivity index (χ2v) is 8.16. The van der Waals surface area contributed by atoms with E-state index >= 15 is 0 Å². The van der Waals surface area contributed by atoms with Gasteiger partial charge in [-0.05, 0) is 56.0 Å². The molecule has 2 aliphatic heterocycles. The molecule has 7 nitrogen and oxygen atoms in total. The van der Waals surface area contributed by atoms with E-state index in [4.69, 9.17) is 9.73 Å². The molecule has 0 aliphatic carbocycles. The molecular weight excluding hydrogens is 388 g/mol. The van der Waals surface area contributed by atoms with E-state index < -0.39 is 0 Å². The summed E-state index contributed by atoms with van der Waals surface area (Å²) < 4.78 is 5.54. The summed E-state index contributed by atoms with van der Waals surface area (Å²) in [6.07, 6.45) is 5.48. The maximum Gasteiger partial charge on any atom is 0.191 e. The molecule has 166 valence electrons. The van der Waals surface area contributed by atoms with Crippen LogP contribution in [0.15, 0.2) is 47.6 Å². The van der Waals surface area contributed by atoms with Crippen LogP contribution in [0, 0.1) is 0 Å². The highest BCUT2D eigenvalue weighted by Gasteiger charge is 2.25. The minimum Gasteiger partial charge on any atom is -0.495 e. The van der Waals surface area contributed by atoms with Crippen molar-refractivity contribution in [2.24, 2.45) is 4.99 Å². The van der Waals surface area contributed by atoms with Crippen LogP contribution in [-0.2, 0) is 6.54 Å². The number of aromatic nitrogens is 1. The van der Waals surface area contributed by atoms with E-state index in [0.717, 1.165) is 62.4 Å². The number of ether oxygens (including phenoxy) is 1. The summed E-state index contributed by atoms with van der Waals surface area (Å²) in [5.41, 5.74) is 2.35. The summed E-state index contributed by atoms with van der Waals surface area (Å²) in [6, 6.07) is 12.8. The molecule has 2 aliphatic rings. The lowest BCUT2D eigenvalue weighted by Gasteiger charge is -2.22. The fourth-order valence-corrected chi connectivity index (χ4v) is 4.35. The smallest absolute Gasteiger partial charge is 0.191 e. The monoisotopic (exact) mass is 422 g/mol. The topological polar surface area (TPSA) is 65.0 Å². The number of nitrogens with zero attached hydrogens (tertiary/aromatic N) is 4. The lowest BCUT2D eigenvalue weighted by Crippen LogP contribution is -2.44. The van der Waals surface area contributed by atoms with Crippen molar-refractivity contribution in [3.8, 4) is 5.75 Å². The van der Waals surface area contributed by atoms with Gasteiger partial charge in [-0.3, -0.25) is 0 Å². The number of methoxy groups -OCH3 is 1. The van der Waals surface area contributed by atoms with Crippen LogP contribution >= 0.6 is 0 Å². The zero-order chi connectivity index (χ0) is 21.5. The highest BCUT2D eigenvalue weighted by Crippen LogP contribution is 2.30. The normalized spacial score (nSPS) is 19.0. The van der Waals surface area contributed by atoms with Crippen LogP contribution in [0.3, 0.4) is 0 Å². The highest BCUT2D eigenvalue weighted by molar-refractivity contribution is 5.80. The maximum absolute atomic E-state index is 5.54. The molecule has 0 radical (unpaired) electrons. The Kier molecular flexibility index (Phi) is 7.12. The van der Waals surface area contributed by atoms with Gasteiger partial charge in [-0.1, -0.05) is 12.1 Å². The Morgan fingerprint density at radius 1 is 1.16 bits per heavy atom. The number of para-hydroxylation sites is 2. The van der Waals surface area contributed by atoms with Crippen molar-refractivity contribution in [1.82, 2.24) is 15.6 Å². The summed E-state index contributed by atoms with van der Waals surface area (Å²) in [7, 11) is 1.73. The third-order valence-corrected chi connectivity index (χ3v) is 5.96. The van der Waals surface area contributed by atoms with Gasteiger partial charge >= 0.3 is 0 Å². The number of hydrogen-bond donors (Lipinski definition) is 2. The Labute approximate surface area is 185 Å². The van der Waals surface area contributed by atoms with E-state index in [2.05, 4.69) is 56.6 Å². The predicted octanol–water partition coefficient (Wildman–Crippen LogP) is 3.02. The molecule has 3 heterocycles. The van der Waals surface area contributed by atoms with Gasteiger partial charge in [0.1, 0.15) is 11.6 Å². The molecule has 1 unspecified atom stereocenters. The molecule has 31 heavy (non-hydrogen) atoms. The van der Waals surface area contributed by atoms with Crippen molar-refractivity contribution in [1.29, 1.82) is 0 Å². The number of anilines is 2. The lowest BCUT2D eigenvalue weighted by molar-refractivity contribution is 0.415. The first-order chi connectivity index (χ1) is 15.3. The van der Waals surface area contributed by atoms with Gasteiger partial charge in [0, 0.05) is 45.0 Å². The molecule has 2 aromatic rings. The van der Waals surface area contributed by atoms with Gasteiger partial charge in [0.05, 0.1) is 19.3 Å². The number of rotatable bonds is 7. The minimum absolute atomic E-state index is 0.348. The van der Waals surface area contributed by atoms with Gasteiger partial charge in [-0.25, -0.2) is 9.98 Å². The van der Waals surface area contributed by atoms with Gasteiger partial charge in [-0.2, -0.15) is 0 Å². The van der Waals surface area contributed by atoms with Crippen LogP contribution < -0.4 is 25.2 Å². The fraction of sp³-hybridized carbons (Fsp3) is 0.500. The molecule has 2 saturated heterocycles. The summed E-state index contributed by atoms with van der Waals surface area (Å²) in [4.78, 5) is 14.1. The number of nitrogens with one attached hydrogen (secondary N) is 2. The van der Waals surface area contributed by atoms with Crippen molar-refractivity contribution >= 4 is 17.5 Å². The largest absolute Gasteiger partial charge is 0.495 e. The fourth-order valence-electron chi connectivity index (χ4n) is 4.35. The first-order valence-electron chi connectivity index (χ1n) is 11.4. The number of benzene rings is 1. The second kappa shape index (κ2) is 10.4. The molecule has 7 heteroatoms. The van der Waals surface area contributed by atoms with Crippen LogP contribution in [0.4, 0.5) is 11.5 Å². The van der Waals surface area contributed by atoms with Crippen molar-refractivity contribution in [2.45, 2.75) is 38.8 Å². The Morgan fingerprint density at radius 2 is 2.00 bits per heavy atom. The van der Waals surface area contributed by atoms with E-state index in [-0.39, 0.29) is 0 Å². The van der Waals surface area contributed by atoms with E-state index in [1.165, 1.54) is 18.4 Å². The van der Waals surface area contributed by atoms with Crippen molar-refractivity contribution in [2.75, 3.05) is 49.6 Å². The number of hydrogen-bond acceptors (Lipinski definition) is 5. The van der Waals surface area contributed by atoms with E-state index in [1.54, 1.807) is 7.11 Å². The van der Waals surface area contributed by atoms with Crippen LogP contribution in [0.5, 0.6) is 5.75 Å². The first-order valence-corrected chi connectivity index (χ1v) is 11.4. The van der Waals surface area contributed by atoms with Gasteiger partial charge in [-0.15, -0.1) is 0 Å². The summed E-state index contributed by atoms with van der Waals surface area (Å²) in [6.45, 7) is 7.72. The quantitative estimate of drug-likeness (QED) is 0.528. The van der Waals surface area contributed by atoms with Gasteiger partial charge in [0.2, 0.25) is 0 Å². The lowest BCUT2D eigenvalue weighted by atomic mass is 10.2. The third-order valence-electron chi connectivity index (χ3n) is 5.96. The molecule has 1 aromatic heterocycles. The summed E-state index contributed by atoms with van der Waals surface area (Å²) >= 11 is 0. The molecule has 0 saturated carbocycles. The number of pyridine rings is 1. The van der Waals surface area contributed by atoms with Crippen molar-refractivity contribution < 1.29 is 4.74 Å². The van der Waals surface area contributed by atoms with E-state index in [0.29, 0.717) is 12.6 Å². The third kappa shape index (κ3) is 5.40. The second-order valence-electron chi connectivity index (χ2n) is 8.16. The zero-order valence-corrected chi connectivity index (χ0v) is 18.7. The van der Waals surface area contributed by atoms with Crippen LogP contribution in [0.25, 0.3) is 0 Å². The van der Waals surface area contributed by atoms with Gasteiger partial charge < -0.3 is 25.2 Å². The van der Waals surface area contributed by atoms with Crippen LogP contribution in [0.2, 0.25) is 0 Å². The molecule has 0 spiro atoms. The highest BCUT2D eigenvalue weighted by atomic mass is 16.5. The first kappa shape index (κ1) is 21.3. The molecule has 1 aromatic carbocycles. The standard InChI is InChI=1S/C24H34N6O/c1-3-25-24(27-17-19-10-12-26-23(16-19)29-13-6-7-14-29)28-20-11-15-30(18-20)21-8-4-5-9-22(21)31-2/h4-5,8-10,12,16,20H,3,6-7,11,13-15,17-18H2,1-2H3,(H2,25,27,28). The number of guanidine groups is 1. The number of aliphatic imine (C=N–C) groups is 1. The van der Waals surface area contributed by atoms with Crippen molar-refractivity contribution in [3.63, 3.8) is 0 Å². The molecule has 2 N–H and O–H groups in total.